The van der Waals surface area contributed by atoms with Crippen molar-refractivity contribution in [2.75, 3.05) is 5.73 Å². The van der Waals surface area contributed by atoms with Crippen molar-refractivity contribution in [2.24, 2.45) is 0 Å². The molecule has 0 radical (unpaired) electrons. The summed E-state index contributed by atoms with van der Waals surface area (Å²) in [5.41, 5.74) is 15.8. The van der Waals surface area contributed by atoms with E-state index in [1.807, 2.05) is 12.1 Å². The molecular weight excluding hydrogens is 342 g/mol. The van der Waals surface area contributed by atoms with Crippen LogP contribution in [0.15, 0.2) is 24.3 Å². The van der Waals surface area contributed by atoms with Crippen molar-refractivity contribution in [2.45, 2.75) is 51.4 Å². The Morgan fingerprint density at radius 1 is 0.769 bits per heavy atom. The van der Waals surface area contributed by atoms with Gasteiger partial charge in [-0.3, -0.25) is 0 Å². The molecule has 0 saturated carbocycles. The molecule has 0 unspecified atom stereocenters. The minimum atomic E-state index is 0.754. The van der Waals surface area contributed by atoms with E-state index >= 15 is 0 Å². The van der Waals surface area contributed by atoms with Gasteiger partial charge in [-0.05, 0) is 85.8 Å². The first-order valence-corrected chi connectivity index (χ1v) is 9.99. The average molecular weight is 364 g/mol. The molecule has 3 aromatic rings. The van der Waals surface area contributed by atoms with Gasteiger partial charge in [-0.2, -0.15) is 0 Å². The van der Waals surface area contributed by atoms with Gasteiger partial charge in [0.15, 0.2) is 5.65 Å². The Balaban J connectivity index is 1.89. The van der Waals surface area contributed by atoms with Crippen LogP contribution in [0.1, 0.15) is 48.2 Å². The summed E-state index contributed by atoms with van der Waals surface area (Å²) in [6.07, 6.45) is 8.94. The van der Waals surface area contributed by atoms with E-state index in [2.05, 4.69) is 12.1 Å². The van der Waals surface area contributed by atoms with E-state index in [-0.39, 0.29) is 0 Å². The summed E-state index contributed by atoms with van der Waals surface area (Å²) >= 11 is 6.14. The van der Waals surface area contributed by atoms with Crippen LogP contribution in [0.5, 0.6) is 0 Å². The number of benzene rings is 1. The van der Waals surface area contributed by atoms with E-state index in [4.69, 9.17) is 27.3 Å². The second-order valence-corrected chi connectivity index (χ2v) is 7.92. The van der Waals surface area contributed by atoms with E-state index in [1.165, 1.54) is 53.6 Å². The van der Waals surface area contributed by atoms with Crippen LogP contribution in [0.2, 0.25) is 5.02 Å². The third kappa shape index (κ3) is 2.49. The van der Waals surface area contributed by atoms with Gasteiger partial charge in [-0.1, -0.05) is 23.7 Å². The Kier molecular flexibility index (Phi) is 3.86. The zero-order chi connectivity index (χ0) is 17.7. The molecule has 26 heavy (non-hydrogen) atoms. The lowest BCUT2D eigenvalue weighted by Gasteiger charge is -2.24. The van der Waals surface area contributed by atoms with E-state index in [0.717, 1.165) is 53.1 Å². The van der Waals surface area contributed by atoms with Gasteiger partial charge in [0.25, 0.3) is 0 Å². The summed E-state index contributed by atoms with van der Waals surface area (Å²) < 4.78 is 0. The van der Waals surface area contributed by atoms with Crippen LogP contribution in [0.25, 0.3) is 22.2 Å². The van der Waals surface area contributed by atoms with Gasteiger partial charge in [-0.25, -0.2) is 9.97 Å². The molecule has 0 fully saturated rings. The minimum absolute atomic E-state index is 0.754. The Morgan fingerprint density at radius 2 is 1.35 bits per heavy atom. The number of pyridine rings is 2. The van der Waals surface area contributed by atoms with Gasteiger partial charge >= 0.3 is 0 Å². The number of halogens is 1. The highest BCUT2D eigenvalue weighted by Crippen LogP contribution is 2.41. The lowest BCUT2D eigenvalue weighted by molar-refractivity contribution is 0.665. The molecule has 3 nitrogen and oxygen atoms in total. The second kappa shape index (κ2) is 6.24. The zero-order valence-electron chi connectivity index (χ0n) is 14.8. The zero-order valence-corrected chi connectivity index (χ0v) is 15.6. The van der Waals surface area contributed by atoms with Gasteiger partial charge in [0, 0.05) is 22.1 Å². The van der Waals surface area contributed by atoms with Crippen molar-refractivity contribution in [1.29, 1.82) is 0 Å². The SMILES string of the molecule is Nc1c2c(nc3nc4c(c(-c5ccc(Cl)cc5)c13)CCCC4)CCCC2. The number of nitrogens with two attached hydrogens (primary N) is 1. The molecule has 0 bridgehead atoms. The predicted octanol–water partition coefficient (Wildman–Crippen LogP) is 5.29. The number of aromatic nitrogens is 2. The molecule has 4 heteroatoms. The summed E-state index contributed by atoms with van der Waals surface area (Å²) in [6, 6.07) is 8.12. The fourth-order valence-corrected chi connectivity index (χ4v) is 4.71. The number of rotatable bonds is 1. The molecule has 2 aliphatic carbocycles. The topological polar surface area (TPSA) is 51.8 Å². The fourth-order valence-electron chi connectivity index (χ4n) is 4.58. The Hall–Kier alpha value is -2.13. The molecule has 2 aliphatic rings. The lowest BCUT2D eigenvalue weighted by atomic mass is 9.85. The highest BCUT2D eigenvalue weighted by Gasteiger charge is 2.24. The predicted molar refractivity (Wildman–Crippen MR) is 108 cm³/mol. The maximum absolute atomic E-state index is 6.73. The molecular formula is C22H22ClN3. The molecule has 1 aromatic carbocycles. The third-order valence-corrected chi connectivity index (χ3v) is 6.11. The van der Waals surface area contributed by atoms with Crippen LogP contribution in [-0.4, -0.2) is 9.97 Å². The van der Waals surface area contributed by atoms with Crippen LogP contribution in [0.4, 0.5) is 5.69 Å². The Labute approximate surface area is 158 Å². The maximum Gasteiger partial charge on any atom is 0.162 e. The molecule has 0 aliphatic heterocycles. The highest BCUT2D eigenvalue weighted by molar-refractivity contribution is 6.30. The van der Waals surface area contributed by atoms with Gasteiger partial charge in [-0.15, -0.1) is 0 Å². The molecule has 132 valence electrons. The van der Waals surface area contributed by atoms with Crippen molar-refractivity contribution in [3.63, 3.8) is 0 Å². The second-order valence-electron chi connectivity index (χ2n) is 7.48. The third-order valence-electron chi connectivity index (χ3n) is 5.86. The highest BCUT2D eigenvalue weighted by atomic mass is 35.5. The van der Waals surface area contributed by atoms with Crippen molar-refractivity contribution < 1.29 is 0 Å². The summed E-state index contributed by atoms with van der Waals surface area (Å²) in [4.78, 5) is 9.94. The quantitative estimate of drug-likeness (QED) is 0.639. The first-order valence-electron chi connectivity index (χ1n) is 9.61. The smallest absolute Gasteiger partial charge is 0.162 e. The molecule has 0 amide bonds. The van der Waals surface area contributed by atoms with E-state index in [1.54, 1.807) is 0 Å². The lowest BCUT2D eigenvalue weighted by Crippen LogP contribution is -2.14. The summed E-state index contributed by atoms with van der Waals surface area (Å²) in [5, 5.41) is 1.80. The molecule has 2 aromatic heterocycles. The minimum Gasteiger partial charge on any atom is -0.398 e. The maximum atomic E-state index is 6.73. The molecule has 5 rings (SSSR count). The monoisotopic (exact) mass is 363 g/mol. The van der Waals surface area contributed by atoms with Crippen molar-refractivity contribution >= 4 is 28.3 Å². The standard InChI is InChI=1S/C22H22ClN3/c23-14-11-9-13(10-12-14)19-15-5-1-3-7-17(15)25-22-20(19)21(24)16-6-2-4-8-18(16)26-22/h9-12H,1-8H2,(H2,24,25,26). The van der Waals surface area contributed by atoms with Gasteiger partial charge in [0.1, 0.15) is 0 Å². The summed E-state index contributed by atoms with van der Waals surface area (Å²) in [6.45, 7) is 0. The first kappa shape index (κ1) is 16.1. The number of fused-ring (bicyclic) bond motifs is 3. The van der Waals surface area contributed by atoms with Gasteiger partial charge in [0.05, 0.1) is 5.39 Å². The number of nitrogens with zero attached hydrogens (tertiary/aromatic N) is 2. The molecule has 0 atom stereocenters. The van der Waals surface area contributed by atoms with Crippen LogP contribution in [-0.2, 0) is 25.7 Å². The van der Waals surface area contributed by atoms with Crippen molar-refractivity contribution in [3.05, 3.63) is 51.8 Å². The summed E-state index contributed by atoms with van der Waals surface area (Å²) in [5.74, 6) is 0. The van der Waals surface area contributed by atoms with Gasteiger partial charge in [0.2, 0.25) is 0 Å². The van der Waals surface area contributed by atoms with E-state index in [9.17, 15) is 0 Å². The summed E-state index contributed by atoms with van der Waals surface area (Å²) in [7, 11) is 0. The molecule has 0 spiro atoms. The van der Waals surface area contributed by atoms with E-state index < -0.39 is 0 Å². The normalized spacial score (nSPS) is 16.3. The van der Waals surface area contributed by atoms with Crippen molar-refractivity contribution in [1.82, 2.24) is 9.97 Å². The number of hydrogen-bond donors (Lipinski definition) is 1. The number of aryl methyl sites for hydroxylation is 2. The molecule has 2 heterocycles. The number of hydrogen-bond acceptors (Lipinski definition) is 3. The number of anilines is 1. The first-order chi connectivity index (χ1) is 12.7. The molecule has 2 N–H and O–H groups in total. The van der Waals surface area contributed by atoms with Gasteiger partial charge < -0.3 is 5.73 Å². The van der Waals surface area contributed by atoms with Crippen LogP contribution in [0, 0.1) is 0 Å². The van der Waals surface area contributed by atoms with E-state index in [0.29, 0.717) is 0 Å². The average Bonchev–Trinajstić information content (AvgIpc) is 2.67. The number of nitrogen functional groups attached to an aromatic ring is 1. The van der Waals surface area contributed by atoms with Crippen molar-refractivity contribution in [3.8, 4) is 11.1 Å². The van der Waals surface area contributed by atoms with Crippen LogP contribution >= 0.6 is 11.6 Å². The largest absolute Gasteiger partial charge is 0.398 e. The van der Waals surface area contributed by atoms with Crippen LogP contribution in [0.3, 0.4) is 0 Å². The Morgan fingerprint density at radius 3 is 2.04 bits per heavy atom. The fraction of sp³-hybridized carbons (Fsp3) is 0.364. The molecule has 0 saturated heterocycles. The van der Waals surface area contributed by atoms with Crippen LogP contribution < -0.4 is 5.73 Å². The Bertz CT molecular complexity index is 1000.